The second-order valence-corrected chi connectivity index (χ2v) is 8.26. The fraction of sp³-hybridized carbons (Fsp3) is 0.571. The van der Waals surface area contributed by atoms with Gasteiger partial charge in [-0.05, 0) is 48.4 Å². The fourth-order valence-electron chi connectivity index (χ4n) is 3.88. The third-order valence-electron chi connectivity index (χ3n) is 5.50. The van der Waals surface area contributed by atoms with Gasteiger partial charge < -0.3 is 4.74 Å². The van der Waals surface area contributed by atoms with Crippen molar-refractivity contribution < 1.29 is 9.53 Å². The molecule has 3 saturated heterocycles. The Bertz CT molecular complexity index is 654. The molecule has 25 heavy (non-hydrogen) atoms. The van der Waals surface area contributed by atoms with Crippen molar-refractivity contribution in [3.8, 4) is 12.3 Å². The van der Waals surface area contributed by atoms with Crippen molar-refractivity contribution in [2.75, 3.05) is 25.0 Å². The number of nitrogens with zero attached hydrogens (tertiary/aromatic N) is 1. The van der Waals surface area contributed by atoms with Gasteiger partial charge in [0.2, 0.25) is 0 Å². The number of hydrogen-bond acceptors (Lipinski definition) is 3. The number of carbonyl (C=O) groups is 1. The summed E-state index contributed by atoms with van der Waals surface area (Å²) in [6.45, 7) is 8.93. The van der Waals surface area contributed by atoms with Crippen LogP contribution in [0.15, 0.2) is 24.3 Å². The molecule has 1 aromatic carbocycles. The molecule has 4 nitrogen and oxygen atoms in total. The molecule has 4 atom stereocenters. The van der Waals surface area contributed by atoms with E-state index < -0.39 is 0 Å². The SMILES string of the molecule is C#C[C@H]1CN2CC[C@@H]1C[C@@H]2COC(=O)Nc1ccc(C(C)(C)C)cc1. The first-order valence-electron chi connectivity index (χ1n) is 9.11. The first-order chi connectivity index (χ1) is 11.9. The van der Waals surface area contributed by atoms with E-state index in [0.717, 1.165) is 31.6 Å². The van der Waals surface area contributed by atoms with Crippen molar-refractivity contribution in [3.63, 3.8) is 0 Å². The van der Waals surface area contributed by atoms with E-state index in [2.05, 4.69) is 36.9 Å². The van der Waals surface area contributed by atoms with Crippen molar-refractivity contribution in [2.45, 2.75) is 45.1 Å². The molecule has 0 radical (unpaired) electrons. The van der Waals surface area contributed by atoms with E-state index in [4.69, 9.17) is 11.2 Å². The van der Waals surface area contributed by atoms with Crippen molar-refractivity contribution >= 4 is 11.8 Å². The molecule has 4 rings (SSSR count). The maximum absolute atomic E-state index is 12.1. The summed E-state index contributed by atoms with van der Waals surface area (Å²) in [5.41, 5.74) is 2.10. The van der Waals surface area contributed by atoms with Crippen LogP contribution in [0.3, 0.4) is 0 Å². The van der Waals surface area contributed by atoms with Gasteiger partial charge in [0, 0.05) is 24.2 Å². The molecule has 2 bridgehead atoms. The van der Waals surface area contributed by atoms with Gasteiger partial charge >= 0.3 is 6.09 Å². The minimum absolute atomic E-state index is 0.101. The number of benzene rings is 1. The summed E-state index contributed by atoms with van der Waals surface area (Å²) in [7, 11) is 0. The average Bonchev–Trinajstić information content (AvgIpc) is 2.60. The molecule has 3 fully saturated rings. The summed E-state index contributed by atoms with van der Waals surface area (Å²) < 4.78 is 5.46. The Hall–Kier alpha value is -1.99. The van der Waals surface area contributed by atoms with Crippen LogP contribution in [0.1, 0.15) is 39.2 Å². The molecule has 0 saturated carbocycles. The summed E-state index contributed by atoms with van der Waals surface area (Å²) in [6.07, 6.45) is 7.41. The third-order valence-corrected chi connectivity index (χ3v) is 5.50. The highest BCUT2D eigenvalue weighted by Gasteiger charge is 2.39. The minimum Gasteiger partial charge on any atom is -0.448 e. The number of ether oxygens (including phenoxy) is 1. The standard InChI is InChI=1S/C21H28N2O2/c1-5-15-13-23-11-10-16(15)12-19(23)14-25-20(24)22-18-8-6-17(7-9-18)21(2,3)4/h1,6-9,15-16,19H,10-14H2,2-4H3,(H,22,24)/t15-,16+,19+/m0/s1. The Morgan fingerprint density at radius 2 is 2.08 bits per heavy atom. The predicted octanol–water partition coefficient (Wildman–Crippen LogP) is 3.88. The van der Waals surface area contributed by atoms with Crippen LogP contribution in [0.5, 0.6) is 0 Å². The Labute approximate surface area is 150 Å². The summed E-state index contributed by atoms with van der Waals surface area (Å²) in [5, 5.41) is 2.81. The smallest absolute Gasteiger partial charge is 0.411 e. The summed E-state index contributed by atoms with van der Waals surface area (Å²) in [6, 6.07) is 8.23. The Kier molecular flexibility index (Phi) is 5.06. The largest absolute Gasteiger partial charge is 0.448 e. The lowest BCUT2D eigenvalue weighted by Gasteiger charge is -2.48. The van der Waals surface area contributed by atoms with Crippen LogP contribution in [0.4, 0.5) is 10.5 Å². The molecular weight excluding hydrogens is 312 g/mol. The maximum atomic E-state index is 12.1. The van der Waals surface area contributed by atoms with Gasteiger partial charge in [-0.25, -0.2) is 4.79 Å². The van der Waals surface area contributed by atoms with Gasteiger partial charge in [0.25, 0.3) is 0 Å². The molecule has 0 aliphatic carbocycles. The van der Waals surface area contributed by atoms with Crippen molar-refractivity contribution in [1.82, 2.24) is 4.90 Å². The molecular formula is C21H28N2O2. The zero-order valence-electron chi connectivity index (χ0n) is 15.4. The lowest BCUT2D eigenvalue weighted by Crippen LogP contribution is -2.54. The number of fused-ring (bicyclic) bond motifs is 3. The molecule has 1 aromatic rings. The molecule has 134 valence electrons. The van der Waals surface area contributed by atoms with Crippen molar-refractivity contribution in [2.24, 2.45) is 11.8 Å². The van der Waals surface area contributed by atoms with Crippen LogP contribution in [0, 0.1) is 24.2 Å². The van der Waals surface area contributed by atoms with Crippen LogP contribution in [-0.2, 0) is 10.2 Å². The van der Waals surface area contributed by atoms with Gasteiger partial charge in [-0.15, -0.1) is 12.3 Å². The monoisotopic (exact) mass is 340 g/mol. The van der Waals surface area contributed by atoms with Gasteiger partial charge in [0.1, 0.15) is 6.61 Å². The first kappa shape index (κ1) is 17.8. The van der Waals surface area contributed by atoms with Crippen molar-refractivity contribution in [3.05, 3.63) is 29.8 Å². The molecule has 0 spiro atoms. The molecule has 0 aromatic heterocycles. The number of nitrogens with one attached hydrogen (secondary N) is 1. The van der Waals surface area contributed by atoms with Crippen LogP contribution >= 0.6 is 0 Å². The first-order valence-corrected chi connectivity index (χ1v) is 9.11. The van der Waals surface area contributed by atoms with Crippen molar-refractivity contribution in [1.29, 1.82) is 0 Å². The normalized spacial score (nSPS) is 28.2. The number of terminal acetylenes is 1. The molecule has 1 N–H and O–H groups in total. The van der Waals surface area contributed by atoms with E-state index in [0.29, 0.717) is 24.5 Å². The zero-order valence-corrected chi connectivity index (χ0v) is 15.4. The van der Waals surface area contributed by atoms with E-state index in [1.54, 1.807) is 0 Å². The Balaban J connectivity index is 1.48. The molecule has 1 unspecified atom stereocenters. The van der Waals surface area contributed by atoms with E-state index >= 15 is 0 Å². The maximum Gasteiger partial charge on any atom is 0.411 e. The summed E-state index contributed by atoms with van der Waals surface area (Å²) >= 11 is 0. The van der Waals surface area contributed by atoms with Crippen LogP contribution in [0.2, 0.25) is 0 Å². The average molecular weight is 340 g/mol. The second kappa shape index (κ2) is 7.09. The highest BCUT2D eigenvalue weighted by atomic mass is 16.5. The highest BCUT2D eigenvalue weighted by Crippen LogP contribution is 2.35. The van der Waals surface area contributed by atoms with Gasteiger partial charge in [0.05, 0.1) is 0 Å². The number of anilines is 1. The number of hydrogen-bond donors (Lipinski definition) is 1. The highest BCUT2D eigenvalue weighted by molar-refractivity contribution is 5.84. The van der Waals surface area contributed by atoms with E-state index in [1.807, 2.05) is 24.3 Å². The van der Waals surface area contributed by atoms with Gasteiger partial charge in [-0.2, -0.15) is 0 Å². The minimum atomic E-state index is -0.389. The second-order valence-electron chi connectivity index (χ2n) is 8.26. The number of amides is 1. The molecule has 4 heteroatoms. The molecule has 3 aliphatic heterocycles. The Morgan fingerprint density at radius 3 is 2.64 bits per heavy atom. The summed E-state index contributed by atoms with van der Waals surface area (Å²) in [4.78, 5) is 14.5. The van der Waals surface area contributed by atoms with E-state index in [1.165, 1.54) is 5.56 Å². The lowest BCUT2D eigenvalue weighted by molar-refractivity contribution is -0.00665. The zero-order chi connectivity index (χ0) is 18.0. The molecule has 1 amide bonds. The number of rotatable bonds is 3. The number of piperidine rings is 3. The third kappa shape index (κ3) is 4.16. The van der Waals surface area contributed by atoms with Gasteiger partial charge in [0.15, 0.2) is 0 Å². The van der Waals surface area contributed by atoms with E-state index in [-0.39, 0.29) is 11.5 Å². The van der Waals surface area contributed by atoms with Crippen LogP contribution in [-0.4, -0.2) is 36.7 Å². The van der Waals surface area contributed by atoms with Crippen LogP contribution < -0.4 is 5.32 Å². The van der Waals surface area contributed by atoms with Crippen LogP contribution in [0.25, 0.3) is 0 Å². The fourth-order valence-corrected chi connectivity index (χ4v) is 3.88. The van der Waals surface area contributed by atoms with Gasteiger partial charge in [-0.3, -0.25) is 10.2 Å². The quantitative estimate of drug-likeness (QED) is 0.849. The summed E-state index contributed by atoms with van der Waals surface area (Å²) in [5.74, 6) is 3.85. The lowest BCUT2D eigenvalue weighted by atomic mass is 9.76. The van der Waals surface area contributed by atoms with Gasteiger partial charge in [-0.1, -0.05) is 32.9 Å². The predicted molar refractivity (Wildman–Crippen MR) is 101 cm³/mol. The van der Waals surface area contributed by atoms with E-state index in [9.17, 15) is 4.79 Å². The molecule has 3 heterocycles. The number of carbonyl (C=O) groups excluding carboxylic acids is 1. The molecule has 3 aliphatic rings. The Morgan fingerprint density at radius 1 is 1.36 bits per heavy atom. The topological polar surface area (TPSA) is 41.6 Å².